The Morgan fingerprint density at radius 3 is 2.73 bits per heavy atom. The Morgan fingerprint density at radius 2 is 2.03 bits per heavy atom. The molecule has 4 heterocycles. The quantitative estimate of drug-likeness (QED) is 0.664. The number of nitrogens with zero attached hydrogens (tertiary/aromatic N) is 5. The Labute approximate surface area is 200 Å². The molecule has 2 aliphatic heterocycles. The zero-order chi connectivity index (χ0) is 22.6. The molecule has 8 nitrogen and oxygen atoms in total. The monoisotopic (exact) mass is 486 g/mol. The maximum Gasteiger partial charge on any atom is 0.227 e. The minimum atomic E-state index is -1.10. The van der Waals surface area contributed by atoms with Crippen LogP contribution in [0.2, 0.25) is 5.02 Å². The van der Waals surface area contributed by atoms with Gasteiger partial charge in [-0.15, -0.1) is 0 Å². The topological polar surface area (TPSA) is 104 Å². The van der Waals surface area contributed by atoms with Gasteiger partial charge in [-0.05, 0) is 55.9 Å². The van der Waals surface area contributed by atoms with Gasteiger partial charge in [0.25, 0.3) is 0 Å². The van der Waals surface area contributed by atoms with Gasteiger partial charge in [-0.3, -0.25) is 4.21 Å². The van der Waals surface area contributed by atoms with E-state index in [0.29, 0.717) is 34.4 Å². The Bertz CT molecular complexity index is 1130. The number of nitrogens with one attached hydrogen (secondary N) is 1. The molecule has 33 heavy (non-hydrogen) atoms. The van der Waals surface area contributed by atoms with Gasteiger partial charge < -0.3 is 15.3 Å². The van der Waals surface area contributed by atoms with Crippen LogP contribution in [-0.4, -0.2) is 60.2 Å². The minimum absolute atomic E-state index is 0.0575. The fraction of sp³-hybridized carbons (Fsp3) is 0.565. The van der Waals surface area contributed by atoms with Crippen LogP contribution in [0.15, 0.2) is 23.4 Å². The molecule has 0 amide bonds. The van der Waals surface area contributed by atoms with E-state index in [2.05, 4.69) is 26.3 Å². The van der Waals surface area contributed by atoms with Crippen LogP contribution in [0, 0.1) is 11.8 Å². The van der Waals surface area contributed by atoms with Crippen molar-refractivity contribution in [2.75, 3.05) is 35.7 Å². The summed E-state index contributed by atoms with van der Waals surface area (Å²) in [5.41, 5.74) is 1.72. The van der Waals surface area contributed by atoms with Crippen molar-refractivity contribution in [3.05, 3.63) is 35.0 Å². The summed E-state index contributed by atoms with van der Waals surface area (Å²) in [6.45, 7) is 1.76. The molecule has 1 saturated carbocycles. The molecule has 2 aromatic rings. The van der Waals surface area contributed by atoms with Crippen molar-refractivity contribution in [3.63, 3.8) is 0 Å². The molecule has 0 bridgehead atoms. The first kappa shape index (κ1) is 21.4. The van der Waals surface area contributed by atoms with Gasteiger partial charge in [0.05, 0.1) is 33.7 Å². The lowest BCUT2D eigenvalue weighted by Gasteiger charge is -2.42. The van der Waals surface area contributed by atoms with E-state index in [1.54, 1.807) is 12.4 Å². The Hall–Kier alpha value is -2.10. The predicted molar refractivity (Wildman–Crippen MR) is 128 cm³/mol. The molecular formula is C23H27ClN6O2S. The summed E-state index contributed by atoms with van der Waals surface area (Å²) >= 11 is 5.93. The summed E-state index contributed by atoms with van der Waals surface area (Å²) in [5.74, 6) is 3.64. The van der Waals surface area contributed by atoms with Gasteiger partial charge in [0.1, 0.15) is 10.7 Å². The highest BCUT2D eigenvalue weighted by molar-refractivity contribution is 7.85. The molecule has 2 aliphatic carbocycles. The summed E-state index contributed by atoms with van der Waals surface area (Å²) in [5, 5.41) is 14.0. The van der Waals surface area contributed by atoms with Gasteiger partial charge in [-0.25, -0.2) is 15.0 Å². The number of rotatable bonds is 5. The molecule has 0 spiro atoms. The van der Waals surface area contributed by atoms with Gasteiger partial charge in [-0.1, -0.05) is 17.7 Å². The van der Waals surface area contributed by atoms with E-state index in [4.69, 9.17) is 21.6 Å². The molecule has 0 aromatic carbocycles. The lowest BCUT2D eigenvalue weighted by Crippen LogP contribution is -2.49. The number of hydrogen-bond acceptors (Lipinski definition) is 8. The fourth-order valence-corrected chi connectivity index (χ4v) is 6.92. The first-order chi connectivity index (χ1) is 16.0. The van der Waals surface area contributed by atoms with Crippen molar-refractivity contribution in [3.8, 4) is 0 Å². The predicted octanol–water partition coefficient (Wildman–Crippen LogP) is 2.84. The molecule has 10 heteroatoms. The van der Waals surface area contributed by atoms with Crippen LogP contribution in [0.4, 0.5) is 11.8 Å². The van der Waals surface area contributed by atoms with E-state index in [9.17, 15) is 9.32 Å². The van der Waals surface area contributed by atoms with Crippen molar-refractivity contribution in [2.24, 2.45) is 11.8 Å². The first-order valence-electron chi connectivity index (χ1n) is 11.7. The molecule has 2 fully saturated rings. The third kappa shape index (κ3) is 3.84. The summed E-state index contributed by atoms with van der Waals surface area (Å²) < 4.78 is 12.9. The average molecular weight is 487 g/mol. The first-order valence-corrected chi connectivity index (χ1v) is 13.4. The highest BCUT2D eigenvalue weighted by atomic mass is 35.5. The van der Waals surface area contributed by atoms with E-state index in [0.717, 1.165) is 68.0 Å². The second-order valence-corrected chi connectivity index (χ2v) is 11.6. The van der Waals surface area contributed by atoms with Crippen LogP contribution in [-0.2, 0) is 17.2 Å². The smallest absolute Gasteiger partial charge is 0.227 e. The van der Waals surface area contributed by atoms with Gasteiger partial charge >= 0.3 is 0 Å². The summed E-state index contributed by atoms with van der Waals surface area (Å²) in [6.07, 6.45) is 11.1. The standard InChI is InChI=1S/C23H27ClN6O2S/c24-17-9-25-20(26-10-17)14-7-15-11-30(12-16(15)8-14)22-27-18-3-1-6-33(32)19(18)21(28-22)29-23(13-31)4-2-5-23/h7,9-10,15-16,31H,1-6,8,11-13H2,(H,27,28,29)/t15?,16?,33-/m1/s1. The van der Waals surface area contributed by atoms with Crippen molar-refractivity contribution in [2.45, 2.75) is 49.0 Å². The largest absolute Gasteiger partial charge is 0.394 e. The van der Waals surface area contributed by atoms with Crippen molar-refractivity contribution < 1.29 is 9.32 Å². The molecule has 2 aromatic heterocycles. The van der Waals surface area contributed by atoms with Gasteiger partial charge in [-0.2, -0.15) is 4.98 Å². The molecule has 3 atom stereocenters. The minimum Gasteiger partial charge on any atom is -0.394 e. The third-order valence-corrected chi connectivity index (χ3v) is 9.21. The number of aliphatic hydroxyl groups excluding tert-OH is 1. The van der Waals surface area contributed by atoms with E-state index in [1.807, 2.05) is 0 Å². The molecular weight excluding hydrogens is 460 g/mol. The van der Waals surface area contributed by atoms with Crippen LogP contribution < -0.4 is 10.2 Å². The zero-order valence-electron chi connectivity index (χ0n) is 18.3. The Kier molecular flexibility index (Phi) is 5.38. The molecule has 1 saturated heterocycles. The second kappa shape index (κ2) is 8.29. The lowest BCUT2D eigenvalue weighted by molar-refractivity contribution is 0.143. The lowest BCUT2D eigenvalue weighted by atomic mass is 9.77. The number of fused-ring (bicyclic) bond motifs is 2. The summed E-state index contributed by atoms with van der Waals surface area (Å²) in [6, 6.07) is 0. The number of aliphatic hydroxyl groups is 1. The van der Waals surface area contributed by atoms with Gasteiger partial charge in [0.2, 0.25) is 5.95 Å². The Balaban J connectivity index is 1.27. The molecule has 2 N–H and O–H groups in total. The normalized spacial score (nSPS) is 27.5. The summed E-state index contributed by atoms with van der Waals surface area (Å²) in [7, 11) is -1.10. The van der Waals surface area contributed by atoms with Crippen LogP contribution in [0.3, 0.4) is 0 Å². The van der Waals surface area contributed by atoms with Crippen LogP contribution >= 0.6 is 11.6 Å². The van der Waals surface area contributed by atoms with E-state index in [1.165, 1.54) is 5.57 Å². The zero-order valence-corrected chi connectivity index (χ0v) is 19.9. The number of aromatic nitrogens is 4. The van der Waals surface area contributed by atoms with Crippen molar-refractivity contribution >= 4 is 39.7 Å². The summed E-state index contributed by atoms with van der Waals surface area (Å²) in [4.78, 5) is 21.5. The second-order valence-electron chi connectivity index (χ2n) is 9.67. The Morgan fingerprint density at radius 1 is 1.21 bits per heavy atom. The van der Waals surface area contributed by atoms with Crippen LogP contribution in [0.1, 0.15) is 43.6 Å². The molecule has 2 unspecified atom stereocenters. The number of anilines is 2. The molecule has 174 valence electrons. The van der Waals surface area contributed by atoms with E-state index in [-0.39, 0.29) is 12.1 Å². The SMILES string of the molecule is O=[S@@]1CCCc2nc(N3CC4C=C(c5ncc(Cl)cn5)CC4C3)nc(NC3(CO)CCC3)c21. The molecule has 0 radical (unpaired) electrons. The van der Waals surface area contributed by atoms with Gasteiger partial charge in [0, 0.05) is 31.2 Å². The highest BCUT2D eigenvalue weighted by Gasteiger charge is 2.41. The number of aryl methyl sites for hydroxylation is 1. The molecule has 6 rings (SSSR count). The third-order valence-electron chi connectivity index (χ3n) is 7.47. The average Bonchev–Trinajstić information content (AvgIpc) is 3.36. The van der Waals surface area contributed by atoms with Gasteiger partial charge in [0.15, 0.2) is 5.82 Å². The molecule has 4 aliphatic rings. The van der Waals surface area contributed by atoms with Crippen LogP contribution in [0.5, 0.6) is 0 Å². The number of halogens is 1. The van der Waals surface area contributed by atoms with E-state index >= 15 is 0 Å². The maximum absolute atomic E-state index is 12.9. The number of allylic oxidation sites excluding steroid dienone is 1. The van der Waals surface area contributed by atoms with Crippen LogP contribution in [0.25, 0.3) is 5.57 Å². The number of hydrogen-bond donors (Lipinski definition) is 2. The van der Waals surface area contributed by atoms with Crippen molar-refractivity contribution in [1.29, 1.82) is 0 Å². The fourth-order valence-electron chi connectivity index (χ4n) is 5.49. The van der Waals surface area contributed by atoms with E-state index < -0.39 is 10.8 Å². The maximum atomic E-state index is 12.9. The highest BCUT2D eigenvalue weighted by Crippen LogP contribution is 2.42. The van der Waals surface area contributed by atoms with Crippen molar-refractivity contribution in [1.82, 2.24) is 19.9 Å².